The maximum absolute atomic E-state index is 12.1. The minimum atomic E-state index is -0.262. The Morgan fingerprint density at radius 1 is 1.43 bits per heavy atom. The van der Waals surface area contributed by atoms with Crippen LogP contribution in [-0.2, 0) is 6.54 Å². The number of amides is 1. The quantitative estimate of drug-likeness (QED) is 0.817. The largest absolute Gasteiger partial charge is 0.497 e. The van der Waals surface area contributed by atoms with Crippen LogP contribution in [0.25, 0.3) is 0 Å². The number of ether oxygens (including phenoxy) is 1. The van der Waals surface area contributed by atoms with Crippen LogP contribution >= 0.6 is 0 Å². The summed E-state index contributed by atoms with van der Waals surface area (Å²) in [6.45, 7) is 2.89. The van der Waals surface area contributed by atoms with Gasteiger partial charge in [0.25, 0.3) is 5.91 Å². The zero-order chi connectivity index (χ0) is 15.2. The summed E-state index contributed by atoms with van der Waals surface area (Å²) in [6, 6.07) is 7.40. The SMILES string of the molecule is COc1ccc([C@@H](C)NC(=O)c2cn(CCN)nn2)cc1. The summed E-state index contributed by atoms with van der Waals surface area (Å²) < 4.78 is 6.66. The van der Waals surface area contributed by atoms with Crippen LogP contribution in [0.15, 0.2) is 30.5 Å². The third kappa shape index (κ3) is 3.79. The molecule has 1 heterocycles. The lowest BCUT2D eigenvalue weighted by molar-refractivity contribution is 0.0934. The van der Waals surface area contributed by atoms with Gasteiger partial charge in [-0.2, -0.15) is 0 Å². The van der Waals surface area contributed by atoms with Crippen LogP contribution in [0.3, 0.4) is 0 Å². The van der Waals surface area contributed by atoms with E-state index < -0.39 is 0 Å². The van der Waals surface area contributed by atoms with Gasteiger partial charge in [0.2, 0.25) is 0 Å². The minimum absolute atomic E-state index is 0.136. The molecule has 1 aromatic carbocycles. The van der Waals surface area contributed by atoms with E-state index in [0.29, 0.717) is 13.1 Å². The molecule has 0 aliphatic rings. The molecule has 2 rings (SSSR count). The van der Waals surface area contributed by atoms with E-state index in [2.05, 4.69) is 15.6 Å². The average Bonchev–Trinajstić information content (AvgIpc) is 2.96. The Hall–Kier alpha value is -2.41. The highest BCUT2D eigenvalue weighted by Crippen LogP contribution is 2.17. The van der Waals surface area contributed by atoms with E-state index in [-0.39, 0.29) is 17.6 Å². The molecule has 1 amide bonds. The van der Waals surface area contributed by atoms with Gasteiger partial charge < -0.3 is 15.8 Å². The lowest BCUT2D eigenvalue weighted by atomic mass is 10.1. The molecule has 112 valence electrons. The minimum Gasteiger partial charge on any atom is -0.497 e. The van der Waals surface area contributed by atoms with Crippen LogP contribution in [0.1, 0.15) is 29.0 Å². The fourth-order valence-electron chi connectivity index (χ4n) is 1.89. The molecule has 0 saturated carbocycles. The number of hydrogen-bond donors (Lipinski definition) is 2. The van der Waals surface area contributed by atoms with E-state index >= 15 is 0 Å². The van der Waals surface area contributed by atoms with Crippen LogP contribution in [-0.4, -0.2) is 34.6 Å². The van der Waals surface area contributed by atoms with Crippen molar-refractivity contribution in [3.8, 4) is 5.75 Å². The molecule has 7 nitrogen and oxygen atoms in total. The number of aromatic nitrogens is 3. The molecule has 0 spiro atoms. The molecule has 7 heteroatoms. The molecular formula is C14H19N5O2. The molecule has 2 aromatic rings. The summed E-state index contributed by atoms with van der Waals surface area (Å²) in [4.78, 5) is 12.1. The standard InChI is InChI=1S/C14H19N5O2/c1-10(11-3-5-12(21-2)6-4-11)16-14(20)13-9-19(8-7-15)18-17-13/h3-6,9-10H,7-8,15H2,1-2H3,(H,16,20)/t10-/m1/s1. The van der Waals surface area contributed by atoms with Gasteiger partial charge in [-0.25, -0.2) is 0 Å². The Labute approximate surface area is 123 Å². The molecule has 0 bridgehead atoms. The van der Waals surface area contributed by atoms with E-state index in [4.69, 9.17) is 10.5 Å². The summed E-state index contributed by atoms with van der Waals surface area (Å²) >= 11 is 0. The third-order valence-electron chi connectivity index (χ3n) is 3.09. The fourth-order valence-corrected chi connectivity index (χ4v) is 1.89. The first-order chi connectivity index (χ1) is 10.1. The van der Waals surface area contributed by atoms with Crippen molar-refractivity contribution in [2.24, 2.45) is 5.73 Å². The fraction of sp³-hybridized carbons (Fsp3) is 0.357. The van der Waals surface area contributed by atoms with E-state index in [1.807, 2.05) is 31.2 Å². The predicted molar refractivity (Wildman–Crippen MR) is 78.0 cm³/mol. The number of methoxy groups -OCH3 is 1. The summed E-state index contributed by atoms with van der Waals surface area (Å²) in [7, 11) is 1.62. The lowest BCUT2D eigenvalue weighted by Gasteiger charge is -2.13. The Kier molecular flexibility index (Phi) is 4.89. The van der Waals surface area contributed by atoms with E-state index in [0.717, 1.165) is 11.3 Å². The first kappa shape index (κ1) is 15.0. The van der Waals surface area contributed by atoms with Gasteiger partial charge in [-0.15, -0.1) is 5.10 Å². The van der Waals surface area contributed by atoms with Gasteiger partial charge in [-0.05, 0) is 24.6 Å². The molecule has 0 fully saturated rings. The Morgan fingerprint density at radius 3 is 2.76 bits per heavy atom. The van der Waals surface area contributed by atoms with Crippen LogP contribution in [0.5, 0.6) is 5.75 Å². The van der Waals surface area contributed by atoms with Crippen molar-refractivity contribution < 1.29 is 9.53 Å². The topological polar surface area (TPSA) is 95.1 Å². The molecule has 0 aliphatic carbocycles. The summed E-state index contributed by atoms with van der Waals surface area (Å²) in [5.74, 6) is 0.517. The molecule has 1 aromatic heterocycles. The number of nitrogens with two attached hydrogens (primary N) is 1. The van der Waals surface area contributed by atoms with Gasteiger partial charge in [0.05, 0.1) is 25.9 Å². The van der Waals surface area contributed by atoms with Crippen molar-refractivity contribution in [2.75, 3.05) is 13.7 Å². The van der Waals surface area contributed by atoms with E-state index in [1.54, 1.807) is 18.0 Å². The molecule has 0 radical (unpaired) electrons. The van der Waals surface area contributed by atoms with Crippen molar-refractivity contribution in [3.05, 3.63) is 41.7 Å². The number of carbonyl (C=O) groups is 1. The number of benzene rings is 1. The van der Waals surface area contributed by atoms with Crippen molar-refractivity contribution in [1.29, 1.82) is 0 Å². The predicted octanol–water partition coefficient (Wildman–Crippen LogP) is 0.736. The highest BCUT2D eigenvalue weighted by molar-refractivity contribution is 5.92. The second-order valence-corrected chi connectivity index (χ2v) is 4.62. The smallest absolute Gasteiger partial charge is 0.273 e. The Balaban J connectivity index is 1.99. The molecule has 0 unspecified atom stereocenters. The lowest BCUT2D eigenvalue weighted by Crippen LogP contribution is -2.27. The van der Waals surface area contributed by atoms with Crippen molar-refractivity contribution in [2.45, 2.75) is 19.5 Å². The Morgan fingerprint density at radius 2 is 2.14 bits per heavy atom. The zero-order valence-electron chi connectivity index (χ0n) is 12.1. The van der Waals surface area contributed by atoms with Crippen LogP contribution in [0.4, 0.5) is 0 Å². The molecule has 3 N–H and O–H groups in total. The second kappa shape index (κ2) is 6.85. The number of carbonyl (C=O) groups excluding carboxylic acids is 1. The summed E-state index contributed by atoms with van der Waals surface area (Å²) in [6.07, 6.45) is 1.59. The molecule has 21 heavy (non-hydrogen) atoms. The first-order valence-electron chi connectivity index (χ1n) is 6.69. The second-order valence-electron chi connectivity index (χ2n) is 4.62. The highest BCUT2D eigenvalue weighted by atomic mass is 16.5. The normalized spacial score (nSPS) is 12.0. The maximum atomic E-state index is 12.1. The van der Waals surface area contributed by atoms with E-state index in [9.17, 15) is 4.79 Å². The van der Waals surface area contributed by atoms with Crippen LogP contribution < -0.4 is 15.8 Å². The maximum Gasteiger partial charge on any atom is 0.273 e. The highest BCUT2D eigenvalue weighted by Gasteiger charge is 2.14. The van der Waals surface area contributed by atoms with Gasteiger partial charge in [0, 0.05) is 6.54 Å². The average molecular weight is 289 g/mol. The number of nitrogens with one attached hydrogen (secondary N) is 1. The monoisotopic (exact) mass is 289 g/mol. The van der Waals surface area contributed by atoms with Gasteiger partial charge >= 0.3 is 0 Å². The van der Waals surface area contributed by atoms with Gasteiger partial charge in [0.1, 0.15) is 5.75 Å². The first-order valence-corrected chi connectivity index (χ1v) is 6.69. The molecule has 0 aliphatic heterocycles. The van der Waals surface area contributed by atoms with Crippen molar-refractivity contribution in [3.63, 3.8) is 0 Å². The zero-order valence-corrected chi connectivity index (χ0v) is 12.1. The van der Waals surface area contributed by atoms with Gasteiger partial charge in [0.15, 0.2) is 5.69 Å². The van der Waals surface area contributed by atoms with Crippen LogP contribution in [0, 0.1) is 0 Å². The molecular weight excluding hydrogens is 270 g/mol. The van der Waals surface area contributed by atoms with Crippen molar-refractivity contribution in [1.82, 2.24) is 20.3 Å². The number of hydrogen-bond acceptors (Lipinski definition) is 5. The number of nitrogens with zero attached hydrogens (tertiary/aromatic N) is 3. The summed E-state index contributed by atoms with van der Waals surface area (Å²) in [5.41, 5.74) is 6.69. The third-order valence-corrected chi connectivity index (χ3v) is 3.09. The van der Waals surface area contributed by atoms with Gasteiger partial charge in [-0.3, -0.25) is 9.48 Å². The van der Waals surface area contributed by atoms with Gasteiger partial charge in [-0.1, -0.05) is 17.3 Å². The van der Waals surface area contributed by atoms with Crippen molar-refractivity contribution >= 4 is 5.91 Å². The molecule has 0 saturated heterocycles. The van der Waals surface area contributed by atoms with E-state index in [1.165, 1.54) is 0 Å². The number of rotatable bonds is 6. The van der Waals surface area contributed by atoms with Crippen LogP contribution in [0.2, 0.25) is 0 Å². The summed E-state index contributed by atoms with van der Waals surface area (Å²) in [5, 5.41) is 10.6. The Bertz CT molecular complexity index is 594. The molecule has 1 atom stereocenters.